The summed E-state index contributed by atoms with van der Waals surface area (Å²) in [6.07, 6.45) is -2.99. The zero-order valence-electron chi connectivity index (χ0n) is 16.2. The molecule has 3 unspecified atom stereocenters. The lowest BCUT2D eigenvalue weighted by molar-refractivity contribution is -0.763. The predicted molar refractivity (Wildman–Crippen MR) is 99.7 cm³/mol. The largest absolute Gasteiger partial charge is 0.628 e. The highest BCUT2D eigenvalue weighted by atomic mass is 32.2. The Labute approximate surface area is 178 Å². The van der Waals surface area contributed by atoms with E-state index in [1.807, 2.05) is 0 Å². The van der Waals surface area contributed by atoms with Crippen LogP contribution in [0.5, 0.6) is 0 Å². The van der Waals surface area contributed by atoms with Gasteiger partial charge in [0.05, 0.1) is 21.6 Å². The first-order chi connectivity index (χ1) is 14.6. The monoisotopic (exact) mass is 504 g/mol. The molecule has 1 N–H and O–H groups in total. The van der Waals surface area contributed by atoms with Crippen molar-refractivity contribution in [3.8, 4) is 11.5 Å². The molecule has 3 rings (SSSR count). The predicted octanol–water partition coefficient (Wildman–Crippen LogP) is -0.196. The molecular weight excluding hydrogens is 490 g/mol. The van der Waals surface area contributed by atoms with Crippen LogP contribution >= 0.6 is 0 Å². The van der Waals surface area contributed by atoms with Crippen molar-refractivity contribution in [1.29, 1.82) is 0 Å². The summed E-state index contributed by atoms with van der Waals surface area (Å²) in [5, 5.41) is 8.67. The van der Waals surface area contributed by atoms with E-state index in [-0.39, 0.29) is 16.5 Å². The standard InChI is InChI=1S/C16H14F6N4O4S2/c1-3-32(29,30)11-4-8(15(17,18)19)6-23-13(11)14-24-9-5-12(31(28)16(20,21)22)26(27)7-10(9)25(14)2/h4-7,12,26H,3H2,1-2H3. The van der Waals surface area contributed by atoms with Gasteiger partial charge in [-0.1, -0.05) is 6.92 Å². The average molecular weight is 504 g/mol. The average Bonchev–Trinajstić information content (AvgIpc) is 3.00. The van der Waals surface area contributed by atoms with Crippen LogP contribution in [-0.2, 0) is 33.9 Å². The van der Waals surface area contributed by atoms with E-state index in [0.717, 1.165) is 16.8 Å². The minimum absolute atomic E-state index is 0.0398. The first-order valence-electron chi connectivity index (χ1n) is 8.66. The van der Waals surface area contributed by atoms with E-state index < -0.39 is 64.7 Å². The van der Waals surface area contributed by atoms with Crippen molar-refractivity contribution >= 4 is 32.9 Å². The van der Waals surface area contributed by atoms with Gasteiger partial charge >= 0.3 is 11.7 Å². The lowest BCUT2D eigenvalue weighted by Gasteiger charge is -2.26. The molecule has 1 aliphatic rings. The van der Waals surface area contributed by atoms with Crippen LogP contribution in [0.2, 0.25) is 0 Å². The number of imidazole rings is 1. The van der Waals surface area contributed by atoms with Crippen LogP contribution in [0.3, 0.4) is 0 Å². The molecule has 0 bridgehead atoms. The normalized spacial score (nSPS) is 20.3. The Balaban J connectivity index is 2.27. The van der Waals surface area contributed by atoms with Crippen LogP contribution in [0.25, 0.3) is 23.8 Å². The molecular formula is C16H14F6N4O4S2. The quantitative estimate of drug-likeness (QED) is 0.457. The molecule has 16 heteroatoms. The maximum absolute atomic E-state index is 13.1. The summed E-state index contributed by atoms with van der Waals surface area (Å²) < 4.78 is 115. The van der Waals surface area contributed by atoms with Crippen LogP contribution in [0.4, 0.5) is 26.3 Å². The molecule has 3 atom stereocenters. The Morgan fingerprint density at radius 3 is 2.41 bits per heavy atom. The molecule has 0 aliphatic carbocycles. The van der Waals surface area contributed by atoms with Crippen molar-refractivity contribution in [3.63, 3.8) is 0 Å². The number of quaternary nitrogens is 1. The van der Waals surface area contributed by atoms with E-state index in [1.165, 1.54) is 14.0 Å². The van der Waals surface area contributed by atoms with E-state index in [4.69, 9.17) is 0 Å². The minimum Gasteiger partial charge on any atom is -0.628 e. The van der Waals surface area contributed by atoms with Gasteiger partial charge in [0.25, 0.3) is 0 Å². The van der Waals surface area contributed by atoms with Crippen molar-refractivity contribution in [3.05, 3.63) is 33.7 Å². The van der Waals surface area contributed by atoms with Gasteiger partial charge in [-0.05, 0) is 6.07 Å². The molecule has 0 radical (unpaired) electrons. The second-order valence-corrected chi connectivity index (χ2v) is 10.4. The smallest absolute Gasteiger partial charge is 0.477 e. The first-order valence-corrected chi connectivity index (χ1v) is 11.5. The Bertz CT molecular complexity index is 1320. The number of fused-ring (bicyclic) bond motifs is 1. The number of halogens is 6. The van der Waals surface area contributed by atoms with Gasteiger partial charge < -0.3 is 14.8 Å². The maximum Gasteiger partial charge on any atom is 0.477 e. The van der Waals surface area contributed by atoms with E-state index in [1.54, 1.807) is 0 Å². The fraction of sp³-hybridized carbons (Fsp3) is 0.375. The molecule has 0 amide bonds. The molecule has 0 aromatic carbocycles. The number of nitrogens with one attached hydrogen (secondary N) is 1. The summed E-state index contributed by atoms with van der Waals surface area (Å²) in [4.78, 5) is 6.82. The topological polar surface area (TPSA) is 109 Å². The van der Waals surface area contributed by atoms with Gasteiger partial charge in [-0.25, -0.2) is 17.6 Å². The number of pyridine rings is 1. The Morgan fingerprint density at radius 2 is 1.88 bits per heavy atom. The highest BCUT2D eigenvalue weighted by Crippen LogP contribution is 2.33. The van der Waals surface area contributed by atoms with Crippen LogP contribution in [0, 0.1) is 5.21 Å². The number of hydroxylamine groups is 2. The van der Waals surface area contributed by atoms with Gasteiger partial charge in [0.15, 0.2) is 31.8 Å². The Kier molecular flexibility index (Phi) is 6.03. The highest BCUT2D eigenvalue weighted by Gasteiger charge is 2.45. The SMILES string of the molecule is CCS(=O)(=O)c1cc(C(F)(F)F)cnc1-c1nc2c(n1C)=C[NH+]([O-])C(S(=O)C(F)(F)F)C=2. The number of nitrogens with zero attached hydrogens (tertiary/aromatic N) is 3. The minimum atomic E-state index is -5.17. The first kappa shape index (κ1) is 24.3. The fourth-order valence-corrected chi connectivity index (χ4v) is 4.83. The van der Waals surface area contributed by atoms with Crippen molar-refractivity contribution in [2.75, 3.05) is 5.75 Å². The third-order valence-corrected chi connectivity index (χ3v) is 7.63. The van der Waals surface area contributed by atoms with Crippen LogP contribution in [-0.4, -0.2) is 43.8 Å². The van der Waals surface area contributed by atoms with Gasteiger partial charge in [-0.15, -0.1) is 0 Å². The summed E-state index contributed by atoms with van der Waals surface area (Å²) in [5.41, 5.74) is -6.96. The molecule has 0 saturated carbocycles. The third kappa shape index (κ3) is 4.31. The maximum atomic E-state index is 13.1. The number of sulfone groups is 1. The Hall–Kier alpha value is -2.30. The molecule has 176 valence electrons. The number of alkyl halides is 6. The molecule has 1 aliphatic heterocycles. The van der Waals surface area contributed by atoms with Gasteiger partial charge in [-0.3, -0.25) is 4.98 Å². The molecule has 3 heterocycles. The summed E-state index contributed by atoms with van der Waals surface area (Å²) in [7, 11) is -6.51. The molecule has 2 aromatic heterocycles. The summed E-state index contributed by atoms with van der Waals surface area (Å²) in [5.74, 6) is -0.856. The molecule has 8 nitrogen and oxygen atoms in total. The number of rotatable bonds is 4. The van der Waals surface area contributed by atoms with Gasteiger partial charge in [0.2, 0.25) is 0 Å². The van der Waals surface area contributed by atoms with Gasteiger partial charge in [0, 0.05) is 19.3 Å². The van der Waals surface area contributed by atoms with Gasteiger partial charge in [-0.2, -0.15) is 26.3 Å². The van der Waals surface area contributed by atoms with Crippen molar-refractivity contribution in [1.82, 2.24) is 14.5 Å². The number of aromatic nitrogens is 3. The lowest BCUT2D eigenvalue weighted by Crippen LogP contribution is -3.08. The van der Waals surface area contributed by atoms with Crippen LogP contribution < -0.4 is 15.8 Å². The molecule has 2 aromatic rings. The van der Waals surface area contributed by atoms with Crippen LogP contribution in [0.15, 0.2) is 17.2 Å². The molecule has 0 saturated heterocycles. The van der Waals surface area contributed by atoms with E-state index in [9.17, 15) is 44.2 Å². The lowest BCUT2D eigenvalue weighted by atomic mass is 10.2. The second kappa shape index (κ2) is 7.93. The summed E-state index contributed by atoms with van der Waals surface area (Å²) >= 11 is 0. The van der Waals surface area contributed by atoms with Crippen molar-refractivity contribution < 1.29 is 44.0 Å². The van der Waals surface area contributed by atoms with Crippen molar-refractivity contribution in [2.24, 2.45) is 7.05 Å². The van der Waals surface area contributed by atoms with E-state index in [0.29, 0.717) is 12.3 Å². The van der Waals surface area contributed by atoms with Crippen LogP contribution in [0.1, 0.15) is 12.5 Å². The number of hydrogen-bond acceptors (Lipinski definition) is 6. The molecule has 0 spiro atoms. The Morgan fingerprint density at radius 1 is 1.25 bits per heavy atom. The van der Waals surface area contributed by atoms with E-state index in [2.05, 4.69) is 9.97 Å². The second-order valence-electron chi connectivity index (χ2n) is 6.61. The molecule has 32 heavy (non-hydrogen) atoms. The third-order valence-electron chi connectivity index (χ3n) is 4.60. The molecule has 0 fully saturated rings. The van der Waals surface area contributed by atoms with E-state index >= 15 is 0 Å². The van der Waals surface area contributed by atoms with Crippen molar-refractivity contribution in [2.45, 2.75) is 28.9 Å². The summed E-state index contributed by atoms with van der Waals surface area (Å²) in [6, 6.07) is 0.398. The summed E-state index contributed by atoms with van der Waals surface area (Å²) in [6.45, 7) is 1.21. The van der Waals surface area contributed by atoms with Gasteiger partial charge in [0.1, 0.15) is 17.2 Å². The number of hydrogen-bond donors (Lipinski definition) is 1. The zero-order chi connectivity index (χ0) is 24.2. The fourth-order valence-electron chi connectivity index (χ4n) is 2.95. The zero-order valence-corrected chi connectivity index (χ0v) is 17.8. The highest BCUT2D eigenvalue weighted by molar-refractivity contribution is 7.91.